The maximum atomic E-state index is 5.94. The van der Waals surface area contributed by atoms with Gasteiger partial charge in [0.05, 0.1) is 11.9 Å². The smallest absolute Gasteiger partial charge is 0.191 e. The Hall–Kier alpha value is -1.57. The van der Waals surface area contributed by atoms with E-state index in [2.05, 4.69) is 28.8 Å². The fourth-order valence-electron chi connectivity index (χ4n) is 2.01. The van der Waals surface area contributed by atoms with E-state index in [1.54, 1.807) is 0 Å². The van der Waals surface area contributed by atoms with Gasteiger partial charge in [0.1, 0.15) is 12.4 Å². The van der Waals surface area contributed by atoms with Gasteiger partial charge in [0.15, 0.2) is 5.96 Å². The van der Waals surface area contributed by atoms with Crippen LogP contribution in [0.4, 0.5) is 0 Å². The normalized spacial score (nSPS) is 11.0. The van der Waals surface area contributed by atoms with Crippen molar-refractivity contribution >= 4 is 29.9 Å². The first kappa shape index (κ1) is 17.5. The highest BCUT2D eigenvalue weighted by Gasteiger charge is 2.04. The Bertz CT molecular complexity index is 560. The van der Waals surface area contributed by atoms with Crippen LogP contribution in [0.2, 0.25) is 0 Å². The average Bonchev–Trinajstić information content (AvgIpc) is 2.96. The summed E-state index contributed by atoms with van der Waals surface area (Å²) >= 11 is 0. The lowest BCUT2D eigenvalue weighted by Gasteiger charge is -2.18. The van der Waals surface area contributed by atoms with E-state index >= 15 is 0 Å². The Labute approximate surface area is 142 Å². The number of halogens is 1. The number of guanidine groups is 1. The van der Waals surface area contributed by atoms with Gasteiger partial charge in [-0.1, -0.05) is 30.3 Å². The predicted octanol–water partition coefficient (Wildman–Crippen LogP) is 2.85. The predicted molar refractivity (Wildman–Crippen MR) is 97.7 cm³/mol. The van der Waals surface area contributed by atoms with Crippen molar-refractivity contribution in [1.82, 2.24) is 14.9 Å². The van der Waals surface area contributed by atoms with Gasteiger partial charge in [0, 0.05) is 13.1 Å². The number of H-pyrrole nitrogens is 1. The molecule has 1 aromatic heterocycles. The van der Waals surface area contributed by atoms with Crippen LogP contribution in [0.3, 0.4) is 0 Å². The monoisotopic (exact) mass is 399 g/mol. The number of rotatable bonds is 5. The van der Waals surface area contributed by atoms with Crippen molar-refractivity contribution in [3.05, 3.63) is 42.4 Å². The third kappa shape index (κ3) is 4.73. The van der Waals surface area contributed by atoms with Gasteiger partial charge in [-0.05, 0) is 19.4 Å². The number of benzene rings is 1. The minimum atomic E-state index is 0. The molecule has 0 saturated carbocycles. The molecule has 21 heavy (non-hydrogen) atoms. The summed E-state index contributed by atoms with van der Waals surface area (Å²) in [4.78, 5) is 14.0. The number of nitrogens with two attached hydrogens (primary N) is 1. The summed E-state index contributed by atoms with van der Waals surface area (Å²) in [6, 6.07) is 10.1. The number of nitrogens with one attached hydrogen (secondary N) is 1. The molecule has 0 unspecified atom stereocenters. The van der Waals surface area contributed by atoms with E-state index in [4.69, 9.17) is 5.73 Å². The third-order valence-corrected chi connectivity index (χ3v) is 3.19. The van der Waals surface area contributed by atoms with E-state index in [1.807, 2.05) is 41.4 Å². The summed E-state index contributed by atoms with van der Waals surface area (Å²) in [7, 11) is 0. The van der Waals surface area contributed by atoms with E-state index < -0.39 is 0 Å². The van der Waals surface area contributed by atoms with Crippen LogP contribution in [0.15, 0.2) is 41.5 Å². The molecule has 0 atom stereocenters. The molecule has 0 amide bonds. The minimum Gasteiger partial charge on any atom is -0.370 e. The molecule has 2 aromatic rings. The zero-order chi connectivity index (χ0) is 14.4. The number of hydrogen-bond donors (Lipinski definition) is 2. The number of aliphatic imine (C=N–C) groups is 1. The highest BCUT2D eigenvalue weighted by atomic mass is 127. The number of hydrogen-bond acceptors (Lipinski definition) is 2. The summed E-state index contributed by atoms with van der Waals surface area (Å²) in [6.45, 7) is 6.31. The van der Waals surface area contributed by atoms with Crippen molar-refractivity contribution < 1.29 is 0 Å². The molecule has 0 aliphatic heterocycles. The van der Waals surface area contributed by atoms with Crippen LogP contribution in [0.1, 0.15) is 19.7 Å². The first-order valence-corrected chi connectivity index (χ1v) is 6.88. The highest BCUT2D eigenvalue weighted by molar-refractivity contribution is 14.0. The lowest BCUT2D eigenvalue weighted by Crippen LogP contribution is -2.37. The Morgan fingerprint density at radius 1 is 1.24 bits per heavy atom. The molecule has 3 N–H and O–H groups in total. The lowest BCUT2D eigenvalue weighted by atomic mass is 10.2. The van der Waals surface area contributed by atoms with Gasteiger partial charge in [-0.25, -0.2) is 9.98 Å². The number of imidazole rings is 1. The molecular formula is C15H22IN5. The highest BCUT2D eigenvalue weighted by Crippen LogP contribution is 2.16. The Morgan fingerprint density at radius 3 is 2.52 bits per heavy atom. The number of nitrogens with zero attached hydrogens (tertiary/aromatic N) is 3. The summed E-state index contributed by atoms with van der Waals surface area (Å²) < 4.78 is 0. The van der Waals surface area contributed by atoms with Crippen LogP contribution in [-0.2, 0) is 6.54 Å². The second kappa shape index (κ2) is 8.66. The average molecular weight is 399 g/mol. The van der Waals surface area contributed by atoms with E-state index in [0.717, 1.165) is 30.2 Å². The van der Waals surface area contributed by atoms with Gasteiger partial charge < -0.3 is 15.6 Å². The Morgan fingerprint density at radius 2 is 1.90 bits per heavy atom. The van der Waals surface area contributed by atoms with Crippen LogP contribution in [0.5, 0.6) is 0 Å². The number of aromatic nitrogens is 2. The summed E-state index contributed by atoms with van der Waals surface area (Å²) in [5.74, 6) is 1.38. The zero-order valence-corrected chi connectivity index (χ0v) is 14.7. The molecular weight excluding hydrogens is 377 g/mol. The number of aromatic amines is 1. The van der Waals surface area contributed by atoms with Crippen molar-refractivity contribution in [3.63, 3.8) is 0 Å². The van der Waals surface area contributed by atoms with Gasteiger partial charge in [-0.15, -0.1) is 24.0 Å². The van der Waals surface area contributed by atoms with Crippen LogP contribution in [-0.4, -0.2) is 33.9 Å². The van der Waals surface area contributed by atoms with Crippen LogP contribution >= 0.6 is 24.0 Å². The second-order valence-corrected chi connectivity index (χ2v) is 4.46. The van der Waals surface area contributed by atoms with Crippen molar-refractivity contribution in [2.45, 2.75) is 20.4 Å². The van der Waals surface area contributed by atoms with E-state index in [1.165, 1.54) is 0 Å². The lowest BCUT2D eigenvalue weighted by molar-refractivity contribution is 0.458. The van der Waals surface area contributed by atoms with Gasteiger partial charge in [-0.2, -0.15) is 0 Å². The molecule has 2 rings (SSSR count). The molecule has 6 heteroatoms. The summed E-state index contributed by atoms with van der Waals surface area (Å²) in [6.07, 6.45) is 1.83. The van der Waals surface area contributed by atoms with Gasteiger partial charge >= 0.3 is 0 Å². The van der Waals surface area contributed by atoms with Gasteiger partial charge in [-0.3, -0.25) is 0 Å². The second-order valence-electron chi connectivity index (χ2n) is 4.46. The molecule has 0 radical (unpaired) electrons. The van der Waals surface area contributed by atoms with Gasteiger partial charge in [0.25, 0.3) is 0 Å². The topological polar surface area (TPSA) is 70.3 Å². The first-order chi connectivity index (χ1) is 9.74. The van der Waals surface area contributed by atoms with Crippen molar-refractivity contribution in [3.8, 4) is 11.3 Å². The van der Waals surface area contributed by atoms with Crippen LogP contribution in [0.25, 0.3) is 11.3 Å². The summed E-state index contributed by atoms with van der Waals surface area (Å²) in [5, 5.41) is 0. The van der Waals surface area contributed by atoms with Gasteiger partial charge in [0.2, 0.25) is 0 Å². The molecule has 0 fully saturated rings. The van der Waals surface area contributed by atoms with Crippen LogP contribution < -0.4 is 5.73 Å². The fourth-order valence-corrected chi connectivity index (χ4v) is 2.01. The molecule has 0 saturated heterocycles. The van der Waals surface area contributed by atoms with E-state index in [-0.39, 0.29) is 24.0 Å². The largest absolute Gasteiger partial charge is 0.370 e. The minimum absolute atomic E-state index is 0. The molecule has 1 heterocycles. The van der Waals surface area contributed by atoms with Crippen molar-refractivity contribution in [2.75, 3.05) is 13.1 Å². The Balaban J connectivity index is 0.00000220. The molecule has 0 bridgehead atoms. The molecule has 114 valence electrons. The van der Waals surface area contributed by atoms with Crippen LogP contribution in [0, 0.1) is 0 Å². The quantitative estimate of drug-likeness (QED) is 0.462. The molecule has 0 aliphatic rings. The SMILES string of the molecule is CCN(CC)C(N)=NCc1ncc(-c2ccccc2)[nH]1.I. The third-order valence-electron chi connectivity index (χ3n) is 3.19. The molecule has 1 aromatic carbocycles. The first-order valence-electron chi connectivity index (χ1n) is 6.88. The molecule has 0 spiro atoms. The Kier molecular flexibility index (Phi) is 7.21. The standard InChI is InChI=1S/C15H21N5.HI/c1-3-20(4-2)15(16)18-11-14-17-10-13(19-14)12-8-6-5-7-9-12;/h5-10H,3-4,11H2,1-2H3,(H2,16,18)(H,17,19);1H. The maximum Gasteiger partial charge on any atom is 0.191 e. The molecule has 5 nitrogen and oxygen atoms in total. The molecule has 0 aliphatic carbocycles. The zero-order valence-electron chi connectivity index (χ0n) is 12.4. The summed E-state index contributed by atoms with van der Waals surface area (Å²) in [5.41, 5.74) is 8.05. The van der Waals surface area contributed by atoms with Crippen molar-refractivity contribution in [2.24, 2.45) is 10.7 Å². The van der Waals surface area contributed by atoms with Crippen molar-refractivity contribution in [1.29, 1.82) is 0 Å². The van der Waals surface area contributed by atoms with E-state index in [9.17, 15) is 0 Å². The fraction of sp³-hybridized carbons (Fsp3) is 0.333. The maximum absolute atomic E-state index is 5.94. The van der Waals surface area contributed by atoms with E-state index in [0.29, 0.717) is 12.5 Å².